The second kappa shape index (κ2) is 9.74. The Hall–Kier alpha value is -4.52. The number of imidazole rings is 1. The van der Waals surface area contributed by atoms with Crippen molar-refractivity contribution in [2.24, 2.45) is 0 Å². The number of hydrogen-bond acceptors (Lipinski definition) is 5. The van der Waals surface area contributed by atoms with Crippen LogP contribution in [0.25, 0.3) is 16.4 Å². The van der Waals surface area contributed by atoms with Gasteiger partial charge in [0, 0.05) is 19.2 Å². The smallest absolute Gasteiger partial charge is 0.261 e. The van der Waals surface area contributed by atoms with Gasteiger partial charge < -0.3 is 23.5 Å². The monoisotopic (exact) mass is 507 g/mol. The summed E-state index contributed by atoms with van der Waals surface area (Å²) in [7, 11) is 3.23. The van der Waals surface area contributed by atoms with Gasteiger partial charge >= 0.3 is 0 Å². The quantitative estimate of drug-likeness (QED) is 0.309. The van der Waals surface area contributed by atoms with Gasteiger partial charge in [-0.05, 0) is 59.2 Å². The molecule has 1 unspecified atom stereocenters. The molecule has 192 valence electrons. The van der Waals surface area contributed by atoms with Crippen LogP contribution in [0.5, 0.6) is 17.2 Å². The van der Waals surface area contributed by atoms with Gasteiger partial charge in [0.25, 0.3) is 5.91 Å². The largest absolute Gasteiger partial charge is 0.493 e. The number of ether oxygens (including phenoxy) is 3. The van der Waals surface area contributed by atoms with Gasteiger partial charge in [0.2, 0.25) is 0 Å². The van der Waals surface area contributed by atoms with Crippen molar-refractivity contribution in [2.75, 3.05) is 27.4 Å². The number of fused-ring (bicyclic) bond motifs is 4. The maximum atomic E-state index is 13.8. The Morgan fingerprint density at radius 1 is 0.947 bits per heavy atom. The van der Waals surface area contributed by atoms with Crippen LogP contribution in [-0.2, 0) is 11.2 Å². The Bertz CT molecular complexity index is 1660. The number of rotatable bonds is 6. The summed E-state index contributed by atoms with van der Waals surface area (Å²) in [6.45, 7) is 2.50. The number of methoxy groups -OCH3 is 2. The van der Waals surface area contributed by atoms with E-state index < -0.39 is 0 Å². The molecule has 38 heavy (non-hydrogen) atoms. The molecule has 3 heterocycles. The summed E-state index contributed by atoms with van der Waals surface area (Å²) in [4.78, 5) is 20.6. The highest BCUT2D eigenvalue weighted by Gasteiger charge is 2.36. The molecule has 1 aliphatic rings. The topological polar surface area (TPSA) is 65.3 Å². The van der Waals surface area contributed by atoms with Crippen molar-refractivity contribution in [3.63, 3.8) is 0 Å². The summed E-state index contributed by atoms with van der Waals surface area (Å²) in [5.41, 5.74) is 4.78. The second-order valence-corrected chi connectivity index (χ2v) is 9.43. The molecule has 5 aromatic rings. The lowest BCUT2D eigenvalue weighted by Crippen LogP contribution is -2.43. The van der Waals surface area contributed by atoms with Crippen LogP contribution in [-0.4, -0.2) is 47.6 Å². The van der Waals surface area contributed by atoms with E-state index in [2.05, 4.69) is 16.5 Å². The average Bonchev–Trinajstić information content (AvgIpc) is 3.34. The molecule has 0 spiro atoms. The predicted molar refractivity (Wildman–Crippen MR) is 146 cm³/mol. The van der Waals surface area contributed by atoms with Crippen LogP contribution in [0.15, 0.2) is 79.0 Å². The number of hydrogen-bond donors (Lipinski definition) is 0. The zero-order valence-corrected chi connectivity index (χ0v) is 21.7. The highest BCUT2D eigenvalue weighted by atomic mass is 16.5. The fraction of sp³-hybridized carbons (Fsp3) is 0.226. The molecule has 1 amide bonds. The van der Waals surface area contributed by atoms with E-state index in [0.717, 1.165) is 38.9 Å². The fourth-order valence-electron chi connectivity index (χ4n) is 5.46. The molecule has 1 aliphatic heterocycles. The number of aryl methyl sites for hydroxylation is 1. The highest BCUT2D eigenvalue weighted by Crippen LogP contribution is 2.39. The molecule has 7 nitrogen and oxygen atoms in total. The van der Waals surface area contributed by atoms with Gasteiger partial charge in [0.1, 0.15) is 11.4 Å². The van der Waals surface area contributed by atoms with Crippen molar-refractivity contribution < 1.29 is 19.0 Å². The van der Waals surface area contributed by atoms with Crippen molar-refractivity contribution in [2.45, 2.75) is 19.4 Å². The van der Waals surface area contributed by atoms with Crippen molar-refractivity contribution in [3.05, 3.63) is 102 Å². The van der Waals surface area contributed by atoms with Crippen molar-refractivity contribution in [3.8, 4) is 17.2 Å². The van der Waals surface area contributed by atoms with Gasteiger partial charge in [-0.3, -0.25) is 4.79 Å². The summed E-state index contributed by atoms with van der Waals surface area (Å²) < 4.78 is 19.3. The predicted octanol–water partition coefficient (Wildman–Crippen LogP) is 5.37. The van der Waals surface area contributed by atoms with Crippen LogP contribution in [0.2, 0.25) is 0 Å². The lowest BCUT2D eigenvalue weighted by Gasteiger charge is -2.36. The maximum Gasteiger partial charge on any atom is 0.261 e. The van der Waals surface area contributed by atoms with Gasteiger partial charge in [0.15, 0.2) is 18.1 Å². The van der Waals surface area contributed by atoms with Crippen LogP contribution in [0.3, 0.4) is 0 Å². The maximum absolute atomic E-state index is 13.8. The van der Waals surface area contributed by atoms with Crippen LogP contribution in [0.4, 0.5) is 0 Å². The number of benzene rings is 3. The zero-order chi connectivity index (χ0) is 26.2. The minimum atomic E-state index is -0.357. The first-order valence-electron chi connectivity index (χ1n) is 12.7. The van der Waals surface area contributed by atoms with E-state index in [1.807, 2.05) is 78.7 Å². The molecule has 0 aliphatic carbocycles. The molecule has 0 saturated heterocycles. The zero-order valence-electron chi connectivity index (χ0n) is 21.7. The lowest BCUT2D eigenvalue weighted by atomic mass is 9.95. The molecule has 1 atom stereocenters. The third-order valence-electron chi connectivity index (χ3n) is 7.35. The molecule has 6 rings (SSSR count). The highest BCUT2D eigenvalue weighted by molar-refractivity contribution is 5.87. The minimum Gasteiger partial charge on any atom is -0.493 e. The number of aromatic nitrogens is 2. The number of carbonyl (C=O) groups is 1. The van der Waals surface area contributed by atoms with Gasteiger partial charge in [0.05, 0.1) is 31.6 Å². The van der Waals surface area contributed by atoms with Gasteiger partial charge in [-0.15, -0.1) is 0 Å². The number of amides is 1. The Morgan fingerprint density at radius 2 is 1.74 bits per heavy atom. The summed E-state index contributed by atoms with van der Waals surface area (Å²) in [5.74, 6) is 1.88. The number of nitrogens with zero attached hydrogens (tertiary/aromatic N) is 3. The first-order valence-corrected chi connectivity index (χ1v) is 12.7. The molecule has 0 N–H and O–H groups in total. The third-order valence-corrected chi connectivity index (χ3v) is 7.35. The summed E-state index contributed by atoms with van der Waals surface area (Å²) in [5, 5.41) is 2.27. The lowest BCUT2D eigenvalue weighted by molar-refractivity contribution is -0.135. The molecule has 0 fully saturated rings. The van der Waals surface area contributed by atoms with E-state index >= 15 is 0 Å². The third kappa shape index (κ3) is 4.00. The fourth-order valence-corrected chi connectivity index (χ4v) is 5.46. The average molecular weight is 508 g/mol. The van der Waals surface area contributed by atoms with E-state index in [1.165, 1.54) is 0 Å². The van der Waals surface area contributed by atoms with E-state index in [1.54, 1.807) is 14.2 Å². The first-order chi connectivity index (χ1) is 18.6. The molecule has 0 radical (unpaired) electrons. The van der Waals surface area contributed by atoms with Crippen LogP contribution in [0, 0.1) is 6.92 Å². The molecule has 0 bridgehead atoms. The van der Waals surface area contributed by atoms with Gasteiger partial charge in [-0.1, -0.05) is 42.5 Å². The van der Waals surface area contributed by atoms with Crippen LogP contribution in [0.1, 0.15) is 28.6 Å². The summed E-state index contributed by atoms with van der Waals surface area (Å²) in [6.07, 6.45) is 2.67. The first kappa shape index (κ1) is 23.9. The molecular weight excluding hydrogens is 478 g/mol. The second-order valence-electron chi connectivity index (χ2n) is 9.43. The Morgan fingerprint density at radius 3 is 2.58 bits per heavy atom. The van der Waals surface area contributed by atoms with E-state index in [9.17, 15) is 4.79 Å². The molecular formula is C31H29N3O4. The van der Waals surface area contributed by atoms with Crippen LogP contribution >= 0.6 is 0 Å². The molecule has 7 heteroatoms. The Kier molecular flexibility index (Phi) is 6.12. The molecule has 2 aromatic heterocycles. The molecule has 0 saturated carbocycles. The van der Waals surface area contributed by atoms with E-state index in [0.29, 0.717) is 30.2 Å². The van der Waals surface area contributed by atoms with Gasteiger partial charge in [-0.2, -0.15) is 0 Å². The van der Waals surface area contributed by atoms with Crippen molar-refractivity contribution in [1.29, 1.82) is 0 Å². The van der Waals surface area contributed by atoms with Crippen molar-refractivity contribution in [1.82, 2.24) is 14.3 Å². The number of carbonyl (C=O) groups excluding carboxylic acids is 1. The standard InChI is InChI=1S/C31H29N3O4/c1-20-23-9-5-4-8-21(23)11-13-25(20)38-19-29(35)34-17-15-24-31(33-16-7-6-10-28(33)32-24)30(34)22-12-14-26(36-2)27(18-22)37-3/h4-14,16,18,30H,15,17,19H2,1-3H3. The molecule has 3 aromatic carbocycles. The number of pyridine rings is 1. The Balaban J connectivity index is 1.37. The Labute approximate surface area is 221 Å². The minimum absolute atomic E-state index is 0.0605. The van der Waals surface area contributed by atoms with E-state index in [-0.39, 0.29) is 18.6 Å². The van der Waals surface area contributed by atoms with E-state index in [4.69, 9.17) is 19.2 Å². The summed E-state index contributed by atoms with van der Waals surface area (Å²) >= 11 is 0. The normalized spacial score (nSPS) is 14.9. The SMILES string of the molecule is COc1ccc(C2c3c(nc4ccccn34)CCN2C(=O)COc2ccc3ccccc3c2C)cc1OC. The summed E-state index contributed by atoms with van der Waals surface area (Å²) in [6, 6.07) is 23.5. The van der Waals surface area contributed by atoms with Crippen LogP contribution < -0.4 is 14.2 Å². The van der Waals surface area contributed by atoms with Crippen molar-refractivity contribution >= 4 is 22.3 Å². The van der Waals surface area contributed by atoms with Gasteiger partial charge in [-0.25, -0.2) is 4.98 Å².